The minimum absolute atomic E-state index is 0.408. The summed E-state index contributed by atoms with van der Waals surface area (Å²) in [6, 6.07) is 3.03. The molecule has 0 aliphatic carbocycles. The van der Waals surface area contributed by atoms with Crippen molar-refractivity contribution in [3.8, 4) is 6.07 Å². The molecule has 0 spiro atoms. The first kappa shape index (κ1) is 14.4. The minimum Gasteiger partial charge on any atom is -0.299 e. The number of nitrogens with zero attached hydrogens (tertiary/aromatic N) is 3. The zero-order chi connectivity index (χ0) is 12.9. The van der Waals surface area contributed by atoms with Crippen LogP contribution in [0.2, 0.25) is 0 Å². The minimum atomic E-state index is -0.408. The lowest BCUT2D eigenvalue weighted by atomic mass is 10.0. The molecule has 0 saturated carbocycles. The lowest BCUT2D eigenvalue weighted by Gasteiger charge is -2.39. The average Bonchev–Trinajstić information content (AvgIpc) is 2.30. The topological polar surface area (TPSA) is 42.3 Å². The van der Waals surface area contributed by atoms with Gasteiger partial charge in [0.25, 0.3) is 0 Å². The first-order valence-corrected chi connectivity index (χ1v) is 6.63. The third kappa shape index (κ3) is 4.27. The molecule has 0 aromatic carbocycles. The molecule has 4 nitrogen and oxygen atoms in total. The number of nitrogens with one attached hydrogen (secondary N) is 1. The summed E-state index contributed by atoms with van der Waals surface area (Å²) in [6.45, 7) is 14.6. The van der Waals surface area contributed by atoms with E-state index >= 15 is 0 Å². The van der Waals surface area contributed by atoms with Gasteiger partial charge < -0.3 is 0 Å². The van der Waals surface area contributed by atoms with Gasteiger partial charge in [0.15, 0.2) is 0 Å². The molecule has 1 heterocycles. The zero-order valence-corrected chi connectivity index (χ0v) is 11.7. The van der Waals surface area contributed by atoms with Crippen molar-refractivity contribution in [2.45, 2.75) is 39.3 Å². The van der Waals surface area contributed by atoms with Crippen molar-refractivity contribution in [3.63, 3.8) is 0 Å². The lowest BCUT2D eigenvalue weighted by Crippen LogP contribution is -2.56. The van der Waals surface area contributed by atoms with Crippen molar-refractivity contribution in [1.29, 1.82) is 5.26 Å². The molecule has 0 radical (unpaired) electrons. The number of hydrogen-bond donors (Lipinski definition) is 1. The van der Waals surface area contributed by atoms with Crippen LogP contribution in [0.5, 0.6) is 0 Å². The molecule has 98 valence electrons. The maximum atomic E-state index is 9.24. The SMILES string of the molecule is CCNC(C)(C#N)CN1CCN(C(C)C)CC1. The van der Waals surface area contributed by atoms with Gasteiger partial charge in [-0.05, 0) is 27.3 Å². The second-order valence-corrected chi connectivity index (χ2v) is 5.38. The van der Waals surface area contributed by atoms with Crippen molar-refractivity contribution in [3.05, 3.63) is 0 Å². The number of piperazine rings is 1. The van der Waals surface area contributed by atoms with E-state index in [0.717, 1.165) is 39.3 Å². The average molecular weight is 238 g/mol. The molecule has 1 unspecified atom stereocenters. The Morgan fingerprint density at radius 1 is 1.29 bits per heavy atom. The van der Waals surface area contributed by atoms with Gasteiger partial charge in [0.2, 0.25) is 0 Å². The monoisotopic (exact) mass is 238 g/mol. The van der Waals surface area contributed by atoms with E-state index in [1.807, 2.05) is 13.8 Å². The maximum Gasteiger partial charge on any atom is 0.116 e. The Morgan fingerprint density at radius 3 is 2.29 bits per heavy atom. The fraction of sp³-hybridized carbons (Fsp3) is 0.923. The van der Waals surface area contributed by atoms with Crippen molar-refractivity contribution in [2.24, 2.45) is 0 Å². The Hall–Kier alpha value is -0.630. The molecule has 1 N–H and O–H groups in total. The van der Waals surface area contributed by atoms with Gasteiger partial charge >= 0.3 is 0 Å². The van der Waals surface area contributed by atoms with Gasteiger partial charge in [-0.2, -0.15) is 5.26 Å². The van der Waals surface area contributed by atoms with E-state index in [0.29, 0.717) is 6.04 Å². The van der Waals surface area contributed by atoms with E-state index < -0.39 is 5.54 Å². The highest BCUT2D eigenvalue weighted by Gasteiger charge is 2.28. The molecule has 1 saturated heterocycles. The van der Waals surface area contributed by atoms with E-state index in [4.69, 9.17) is 0 Å². The highest BCUT2D eigenvalue weighted by atomic mass is 15.3. The first-order valence-electron chi connectivity index (χ1n) is 6.63. The first-order chi connectivity index (χ1) is 8.00. The Labute approximate surface area is 106 Å². The van der Waals surface area contributed by atoms with Crippen molar-refractivity contribution < 1.29 is 0 Å². The highest BCUT2D eigenvalue weighted by molar-refractivity contribution is 5.05. The molecule has 1 rings (SSSR count). The largest absolute Gasteiger partial charge is 0.299 e. The van der Waals surface area contributed by atoms with E-state index in [2.05, 4.69) is 35.0 Å². The summed E-state index contributed by atoms with van der Waals surface area (Å²) in [5.74, 6) is 0. The molecular weight excluding hydrogens is 212 g/mol. The van der Waals surface area contributed by atoms with Gasteiger partial charge in [0, 0.05) is 38.8 Å². The fourth-order valence-corrected chi connectivity index (χ4v) is 2.41. The molecule has 17 heavy (non-hydrogen) atoms. The van der Waals surface area contributed by atoms with Crippen LogP contribution in [-0.4, -0.2) is 60.6 Å². The number of nitriles is 1. The predicted molar refractivity (Wildman–Crippen MR) is 70.8 cm³/mol. The molecular formula is C13H26N4. The van der Waals surface area contributed by atoms with Gasteiger partial charge in [-0.15, -0.1) is 0 Å². The second-order valence-electron chi connectivity index (χ2n) is 5.38. The van der Waals surface area contributed by atoms with Crippen LogP contribution < -0.4 is 5.32 Å². The number of likely N-dealkylation sites (N-methyl/N-ethyl adjacent to an activating group) is 1. The lowest BCUT2D eigenvalue weighted by molar-refractivity contribution is 0.0954. The number of hydrogen-bond acceptors (Lipinski definition) is 4. The van der Waals surface area contributed by atoms with E-state index in [1.54, 1.807) is 0 Å². The predicted octanol–water partition coefficient (Wildman–Crippen LogP) is 0.904. The smallest absolute Gasteiger partial charge is 0.116 e. The van der Waals surface area contributed by atoms with Crippen molar-refractivity contribution >= 4 is 0 Å². The second kappa shape index (κ2) is 6.34. The molecule has 0 amide bonds. The van der Waals surface area contributed by atoms with E-state index in [1.165, 1.54) is 0 Å². The Kier molecular flexibility index (Phi) is 5.38. The molecule has 1 aliphatic heterocycles. The third-order valence-electron chi connectivity index (χ3n) is 3.49. The highest BCUT2D eigenvalue weighted by Crippen LogP contribution is 2.10. The summed E-state index contributed by atoms with van der Waals surface area (Å²) in [7, 11) is 0. The van der Waals surface area contributed by atoms with Gasteiger partial charge in [0.05, 0.1) is 6.07 Å². The Balaban J connectivity index is 2.42. The third-order valence-corrected chi connectivity index (χ3v) is 3.49. The van der Waals surface area contributed by atoms with Crippen LogP contribution >= 0.6 is 0 Å². The summed E-state index contributed by atoms with van der Waals surface area (Å²) in [4.78, 5) is 4.89. The van der Waals surface area contributed by atoms with Crippen LogP contribution in [0, 0.1) is 11.3 Å². The molecule has 0 bridgehead atoms. The molecule has 1 fully saturated rings. The quantitative estimate of drug-likeness (QED) is 0.773. The summed E-state index contributed by atoms with van der Waals surface area (Å²) in [6.07, 6.45) is 0. The van der Waals surface area contributed by atoms with Gasteiger partial charge in [0.1, 0.15) is 5.54 Å². The molecule has 0 aromatic heterocycles. The standard InChI is InChI=1S/C13H26N4/c1-5-15-13(4,10-14)11-16-6-8-17(9-7-16)12(2)3/h12,15H,5-9,11H2,1-4H3. The molecule has 4 heteroatoms. The van der Waals surface area contributed by atoms with Crippen LogP contribution in [0.3, 0.4) is 0 Å². The molecule has 1 aliphatic rings. The van der Waals surface area contributed by atoms with Crippen molar-refractivity contribution in [2.75, 3.05) is 39.3 Å². The number of rotatable bonds is 5. The normalized spacial score (nSPS) is 22.4. The van der Waals surface area contributed by atoms with Crippen molar-refractivity contribution in [1.82, 2.24) is 15.1 Å². The molecule has 0 aromatic rings. The van der Waals surface area contributed by atoms with Crippen LogP contribution in [-0.2, 0) is 0 Å². The van der Waals surface area contributed by atoms with Crippen LogP contribution in [0.25, 0.3) is 0 Å². The fourth-order valence-electron chi connectivity index (χ4n) is 2.41. The summed E-state index contributed by atoms with van der Waals surface area (Å²) in [5.41, 5.74) is -0.408. The Bertz CT molecular complexity index is 263. The van der Waals surface area contributed by atoms with Gasteiger partial charge in [-0.1, -0.05) is 6.92 Å². The van der Waals surface area contributed by atoms with Crippen LogP contribution in [0.4, 0.5) is 0 Å². The Morgan fingerprint density at radius 2 is 1.88 bits per heavy atom. The summed E-state index contributed by atoms with van der Waals surface area (Å²) in [5, 5.41) is 12.5. The summed E-state index contributed by atoms with van der Waals surface area (Å²) < 4.78 is 0. The summed E-state index contributed by atoms with van der Waals surface area (Å²) >= 11 is 0. The maximum absolute atomic E-state index is 9.24. The van der Waals surface area contributed by atoms with Crippen LogP contribution in [0.15, 0.2) is 0 Å². The van der Waals surface area contributed by atoms with Gasteiger partial charge in [-0.25, -0.2) is 0 Å². The van der Waals surface area contributed by atoms with Gasteiger partial charge in [-0.3, -0.25) is 15.1 Å². The molecule has 1 atom stereocenters. The van der Waals surface area contributed by atoms with E-state index in [9.17, 15) is 5.26 Å². The zero-order valence-electron chi connectivity index (χ0n) is 11.7. The van der Waals surface area contributed by atoms with Crippen LogP contribution in [0.1, 0.15) is 27.7 Å². The van der Waals surface area contributed by atoms with E-state index in [-0.39, 0.29) is 0 Å².